The molecule has 2 aromatic heterocycles. The molecule has 5 heteroatoms. The van der Waals surface area contributed by atoms with E-state index in [1.807, 2.05) is 32.2 Å². The summed E-state index contributed by atoms with van der Waals surface area (Å²) in [6, 6.07) is 10.3. The van der Waals surface area contributed by atoms with E-state index in [1.165, 1.54) is 12.8 Å². The molecule has 0 aliphatic carbocycles. The highest BCUT2D eigenvalue weighted by atomic mass is 32.2. The highest BCUT2D eigenvalue weighted by molar-refractivity contribution is 7.99. The minimum atomic E-state index is 0.898. The Balaban J connectivity index is 2.01. The minimum absolute atomic E-state index is 0.898. The van der Waals surface area contributed by atoms with Crippen LogP contribution in [0.15, 0.2) is 35.5 Å². The molecule has 114 valence electrons. The number of fused-ring (bicyclic) bond motifs is 1. The number of thioether (sulfide) groups is 1. The summed E-state index contributed by atoms with van der Waals surface area (Å²) < 4.78 is 2.08. The zero-order valence-electron chi connectivity index (χ0n) is 13.2. The third-order valence-corrected chi connectivity index (χ3v) is 4.78. The first-order valence-electron chi connectivity index (χ1n) is 7.59. The van der Waals surface area contributed by atoms with Gasteiger partial charge in [0.1, 0.15) is 0 Å². The van der Waals surface area contributed by atoms with Gasteiger partial charge in [0.05, 0.1) is 5.52 Å². The summed E-state index contributed by atoms with van der Waals surface area (Å²) in [6.07, 6.45) is 2.40. The van der Waals surface area contributed by atoms with Crippen molar-refractivity contribution in [3.05, 3.63) is 36.0 Å². The fourth-order valence-electron chi connectivity index (χ4n) is 2.43. The smallest absolute Gasteiger partial charge is 0.191 e. The van der Waals surface area contributed by atoms with Gasteiger partial charge in [-0.1, -0.05) is 43.3 Å². The standard InChI is InChI=1S/C17H20N4S/c1-4-5-11-22-17-20-19-16(21(17)3)14-7-6-8-15-13(14)10-9-12(2)18-15/h6-10H,4-5,11H2,1-3H3. The zero-order chi connectivity index (χ0) is 15.5. The van der Waals surface area contributed by atoms with Crippen molar-refractivity contribution in [1.82, 2.24) is 19.7 Å². The minimum Gasteiger partial charge on any atom is -0.305 e. The quantitative estimate of drug-likeness (QED) is 0.522. The first kappa shape index (κ1) is 15.0. The largest absolute Gasteiger partial charge is 0.305 e. The fourth-order valence-corrected chi connectivity index (χ4v) is 3.43. The molecule has 1 aromatic carbocycles. The Kier molecular flexibility index (Phi) is 4.43. The molecular weight excluding hydrogens is 292 g/mol. The van der Waals surface area contributed by atoms with Crippen molar-refractivity contribution in [1.29, 1.82) is 0 Å². The van der Waals surface area contributed by atoms with Crippen LogP contribution in [0.4, 0.5) is 0 Å². The van der Waals surface area contributed by atoms with Gasteiger partial charge < -0.3 is 4.57 Å². The van der Waals surface area contributed by atoms with E-state index >= 15 is 0 Å². The third kappa shape index (κ3) is 2.86. The molecule has 0 unspecified atom stereocenters. The van der Waals surface area contributed by atoms with Gasteiger partial charge in [-0.2, -0.15) is 0 Å². The number of unbranched alkanes of at least 4 members (excludes halogenated alkanes) is 1. The van der Waals surface area contributed by atoms with Gasteiger partial charge in [-0.25, -0.2) is 0 Å². The molecule has 0 atom stereocenters. The predicted octanol–water partition coefficient (Wildman–Crippen LogP) is 4.23. The van der Waals surface area contributed by atoms with Crippen LogP contribution in [0.1, 0.15) is 25.5 Å². The summed E-state index contributed by atoms with van der Waals surface area (Å²) in [5.41, 5.74) is 3.11. The maximum atomic E-state index is 4.60. The molecule has 0 bridgehead atoms. The van der Waals surface area contributed by atoms with E-state index in [9.17, 15) is 0 Å². The number of benzene rings is 1. The lowest BCUT2D eigenvalue weighted by Crippen LogP contribution is -1.96. The van der Waals surface area contributed by atoms with Gasteiger partial charge in [-0.05, 0) is 25.5 Å². The van der Waals surface area contributed by atoms with Gasteiger partial charge >= 0.3 is 0 Å². The van der Waals surface area contributed by atoms with Crippen LogP contribution in [-0.4, -0.2) is 25.5 Å². The molecule has 2 heterocycles. The van der Waals surface area contributed by atoms with Crippen LogP contribution >= 0.6 is 11.8 Å². The molecule has 0 N–H and O–H groups in total. The molecule has 0 amide bonds. The lowest BCUT2D eigenvalue weighted by Gasteiger charge is -2.07. The topological polar surface area (TPSA) is 43.6 Å². The Morgan fingerprint density at radius 2 is 2.00 bits per heavy atom. The number of nitrogens with zero attached hydrogens (tertiary/aromatic N) is 4. The Morgan fingerprint density at radius 1 is 1.14 bits per heavy atom. The lowest BCUT2D eigenvalue weighted by molar-refractivity contribution is 0.790. The van der Waals surface area contributed by atoms with Gasteiger partial charge in [-0.3, -0.25) is 4.98 Å². The molecule has 0 fully saturated rings. The molecule has 22 heavy (non-hydrogen) atoms. The summed E-state index contributed by atoms with van der Waals surface area (Å²) in [5.74, 6) is 1.98. The zero-order valence-corrected chi connectivity index (χ0v) is 14.0. The average molecular weight is 312 g/mol. The van der Waals surface area contributed by atoms with E-state index in [2.05, 4.69) is 38.8 Å². The van der Waals surface area contributed by atoms with Crippen molar-refractivity contribution in [2.45, 2.75) is 31.8 Å². The summed E-state index contributed by atoms with van der Waals surface area (Å²) in [7, 11) is 2.03. The molecule has 0 radical (unpaired) electrons. The Bertz CT molecular complexity index is 794. The SMILES string of the molecule is CCCCSc1nnc(-c2cccc3nc(C)ccc23)n1C. The number of pyridine rings is 1. The van der Waals surface area contributed by atoms with E-state index in [4.69, 9.17) is 0 Å². The summed E-state index contributed by atoms with van der Waals surface area (Å²) >= 11 is 1.77. The molecule has 0 saturated carbocycles. The van der Waals surface area contributed by atoms with Crippen molar-refractivity contribution < 1.29 is 0 Å². The van der Waals surface area contributed by atoms with Crippen molar-refractivity contribution in [2.75, 3.05) is 5.75 Å². The Hall–Kier alpha value is -1.88. The second kappa shape index (κ2) is 6.48. The predicted molar refractivity (Wildman–Crippen MR) is 92.1 cm³/mol. The Morgan fingerprint density at radius 3 is 2.82 bits per heavy atom. The lowest BCUT2D eigenvalue weighted by atomic mass is 10.1. The van der Waals surface area contributed by atoms with Crippen LogP contribution in [0, 0.1) is 6.92 Å². The second-order valence-electron chi connectivity index (χ2n) is 5.39. The Labute approximate surface area is 135 Å². The van der Waals surface area contributed by atoms with E-state index in [1.54, 1.807) is 11.8 Å². The van der Waals surface area contributed by atoms with Crippen LogP contribution in [0.5, 0.6) is 0 Å². The van der Waals surface area contributed by atoms with Gasteiger partial charge in [-0.15, -0.1) is 10.2 Å². The van der Waals surface area contributed by atoms with Crippen molar-refractivity contribution in [2.24, 2.45) is 7.05 Å². The number of aryl methyl sites for hydroxylation is 1. The summed E-state index contributed by atoms with van der Waals surface area (Å²) in [4.78, 5) is 4.60. The second-order valence-corrected chi connectivity index (χ2v) is 6.45. The van der Waals surface area contributed by atoms with Crippen molar-refractivity contribution in [3.63, 3.8) is 0 Å². The fraction of sp³-hybridized carbons (Fsp3) is 0.353. The molecule has 4 nitrogen and oxygen atoms in total. The molecule has 0 aliphatic rings. The van der Waals surface area contributed by atoms with Crippen molar-refractivity contribution >= 4 is 22.7 Å². The maximum Gasteiger partial charge on any atom is 0.191 e. The summed E-state index contributed by atoms with van der Waals surface area (Å²) in [5, 5.41) is 10.8. The molecule has 3 aromatic rings. The van der Waals surface area contributed by atoms with Crippen LogP contribution in [0.25, 0.3) is 22.3 Å². The van der Waals surface area contributed by atoms with Crippen molar-refractivity contribution in [3.8, 4) is 11.4 Å². The average Bonchev–Trinajstić information content (AvgIpc) is 2.88. The number of hydrogen-bond donors (Lipinski definition) is 0. The molecule has 3 rings (SSSR count). The van der Waals surface area contributed by atoms with Gasteiger partial charge in [0, 0.05) is 29.4 Å². The number of hydrogen-bond acceptors (Lipinski definition) is 4. The van der Waals surface area contributed by atoms with E-state index in [0.717, 1.165) is 38.9 Å². The molecule has 0 spiro atoms. The first-order chi connectivity index (χ1) is 10.7. The normalized spacial score (nSPS) is 11.2. The monoisotopic (exact) mass is 312 g/mol. The summed E-state index contributed by atoms with van der Waals surface area (Å²) in [6.45, 7) is 4.21. The molecule has 0 aliphatic heterocycles. The van der Waals surface area contributed by atoms with Crippen LogP contribution in [0.2, 0.25) is 0 Å². The maximum absolute atomic E-state index is 4.60. The van der Waals surface area contributed by atoms with Crippen LogP contribution in [-0.2, 0) is 7.05 Å². The number of rotatable bonds is 5. The third-order valence-electron chi connectivity index (χ3n) is 3.68. The van der Waals surface area contributed by atoms with Crippen LogP contribution < -0.4 is 0 Å². The highest BCUT2D eigenvalue weighted by Crippen LogP contribution is 2.28. The van der Waals surface area contributed by atoms with Gasteiger partial charge in [0.25, 0.3) is 0 Å². The molecular formula is C17H20N4S. The van der Waals surface area contributed by atoms with Crippen LogP contribution in [0.3, 0.4) is 0 Å². The molecule has 0 saturated heterocycles. The van der Waals surface area contributed by atoms with Gasteiger partial charge in [0.2, 0.25) is 0 Å². The van der Waals surface area contributed by atoms with E-state index in [0.29, 0.717) is 0 Å². The number of aromatic nitrogens is 4. The van der Waals surface area contributed by atoms with E-state index < -0.39 is 0 Å². The highest BCUT2D eigenvalue weighted by Gasteiger charge is 2.13. The van der Waals surface area contributed by atoms with Gasteiger partial charge in [0.15, 0.2) is 11.0 Å². The van der Waals surface area contributed by atoms with E-state index in [-0.39, 0.29) is 0 Å². The first-order valence-corrected chi connectivity index (χ1v) is 8.58.